The molecule has 0 spiro atoms. The van der Waals surface area contributed by atoms with Crippen LogP contribution in [0.3, 0.4) is 0 Å². The lowest BCUT2D eigenvalue weighted by Crippen LogP contribution is -2.16. The van der Waals surface area contributed by atoms with Crippen molar-refractivity contribution in [2.24, 2.45) is 11.8 Å². The zero-order valence-corrected chi connectivity index (χ0v) is 10.2. The Morgan fingerprint density at radius 1 is 1.56 bits per heavy atom. The number of nitrogens with zero attached hydrogens (tertiary/aromatic N) is 2. The summed E-state index contributed by atoms with van der Waals surface area (Å²) < 4.78 is 2.29. The van der Waals surface area contributed by atoms with Crippen LogP contribution in [-0.4, -0.2) is 16.1 Å². The molecule has 1 aromatic rings. The van der Waals surface area contributed by atoms with Crippen LogP contribution in [0.4, 0.5) is 5.95 Å². The van der Waals surface area contributed by atoms with Gasteiger partial charge in [-0.05, 0) is 24.7 Å². The first-order valence-corrected chi connectivity index (χ1v) is 6.11. The fourth-order valence-electron chi connectivity index (χ4n) is 2.61. The standard InChI is InChI=1S/C13H21N3/c1-4-7-14-13-15-8-9-16(13)12-6-5-10(2)11(12)3/h4,8-12H,1,5-7H2,2-3H3,(H,14,15). The molecule has 0 radical (unpaired) electrons. The molecule has 0 saturated heterocycles. The average Bonchev–Trinajstić information content (AvgIpc) is 2.85. The third-order valence-corrected chi connectivity index (χ3v) is 3.85. The third kappa shape index (κ3) is 1.99. The van der Waals surface area contributed by atoms with Crippen molar-refractivity contribution in [3.63, 3.8) is 0 Å². The Hall–Kier alpha value is -1.25. The second-order valence-electron chi connectivity index (χ2n) is 4.81. The van der Waals surface area contributed by atoms with Gasteiger partial charge in [-0.1, -0.05) is 19.9 Å². The molecule has 1 aliphatic rings. The van der Waals surface area contributed by atoms with Gasteiger partial charge in [0.25, 0.3) is 0 Å². The van der Waals surface area contributed by atoms with Gasteiger partial charge >= 0.3 is 0 Å². The molecular formula is C13H21N3. The summed E-state index contributed by atoms with van der Waals surface area (Å²) in [6.45, 7) is 9.18. The van der Waals surface area contributed by atoms with Crippen molar-refractivity contribution in [1.29, 1.82) is 0 Å². The van der Waals surface area contributed by atoms with Gasteiger partial charge in [0.05, 0.1) is 0 Å². The zero-order chi connectivity index (χ0) is 11.5. The van der Waals surface area contributed by atoms with E-state index < -0.39 is 0 Å². The first-order valence-electron chi connectivity index (χ1n) is 6.11. The molecule has 1 saturated carbocycles. The van der Waals surface area contributed by atoms with Gasteiger partial charge in [0, 0.05) is 25.0 Å². The molecule has 1 aliphatic carbocycles. The Labute approximate surface area is 97.6 Å². The van der Waals surface area contributed by atoms with E-state index >= 15 is 0 Å². The second-order valence-corrected chi connectivity index (χ2v) is 4.81. The molecule has 3 unspecified atom stereocenters. The van der Waals surface area contributed by atoms with Crippen molar-refractivity contribution in [2.45, 2.75) is 32.7 Å². The smallest absolute Gasteiger partial charge is 0.203 e. The molecule has 16 heavy (non-hydrogen) atoms. The number of hydrogen-bond acceptors (Lipinski definition) is 2. The molecule has 0 aromatic carbocycles. The Morgan fingerprint density at radius 3 is 3.00 bits per heavy atom. The highest BCUT2D eigenvalue weighted by atomic mass is 15.2. The summed E-state index contributed by atoms with van der Waals surface area (Å²) in [7, 11) is 0. The van der Waals surface area contributed by atoms with E-state index in [2.05, 4.69) is 41.5 Å². The number of nitrogens with one attached hydrogen (secondary N) is 1. The highest BCUT2D eigenvalue weighted by molar-refractivity contribution is 5.28. The summed E-state index contributed by atoms with van der Waals surface area (Å²) in [6, 6.07) is 0.602. The SMILES string of the molecule is C=CCNc1nccn1C1CCC(C)C1C. The van der Waals surface area contributed by atoms with Crippen LogP contribution in [-0.2, 0) is 0 Å². The molecule has 2 rings (SSSR count). The average molecular weight is 219 g/mol. The summed E-state index contributed by atoms with van der Waals surface area (Å²) >= 11 is 0. The highest BCUT2D eigenvalue weighted by Gasteiger charge is 2.31. The van der Waals surface area contributed by atoms with E-state index in [0.717, 1.165) is 24.3 Å². The number of anilines is 1. The molecule has 3 atom stereocenters. The number of aromatic nitrogens is 2. The highest BCUT2D eigenvalue weighted by Crippen LogP contribution is 2.40. The van der Waals surface area contributed by atoms with Crippen LogP contribution >= 0.6 is 0 Å². The third-order valence-electron chi connectivity index (χ3n) is 3.85. The minimum absolute atomic E-state index is 0.602. The Bertz CT molecular complexity index is 356. The van der Waals surface area contributed by atoms with Gasteiger partial charge in [-0.25, -0.2) is 4.98 Å². The van der Waals surface area contributed by atoms with E-state index in [1.165, 1.54) is 12.8 Å². The lowest BCUT2D eigenvalue weighted by molar-refractivity contribution is 0.355. The van der Waals surface area contributed by atoms with Crippen molar-refractivity contribution in [1.82, 2.24) is 9.55 Å². The fraction of sp³-hybridized carbons (Fsp3) is 0.615. The summed E-state index contributed by atoms with van der Waals surface area (Å²) in [5.74, 6) is 2.53. The monoisotopic (exact) mass is 219 g/mol. The van der Waals surface area contributed by atoms with Crippen LogP contribution in [0, 0.1) is 11.8 Å². The van der Waals surface area contributed by atoms with Gasteiger partial charge in [-0.2, -0.15) is 0 Å². The lowest BCUT2D eigenvalue weighted by atomic mass is 9.98. The largest absolute Gasteiger partial charge is 0.352 e. The zero-order valence-electron chi connectivity index (χ0n) is 10.2. The molecule has 1 fully saturated rings. The van der Waals surface area contributed by atoms with Crippen LogP contribution in [0.25, 0.3) is 0 Å². The molecule has 88 valence electrons. The van der Waals surface area contributed by atoms with Gasteiger partial charge in [0.1, 0.15) is 0 Å². The first kappa shape index (κ1) is 11.2. The van der Waals surface area contributed by atoms with E-state index in [1.54, 1.807) is 0 Å². The summed E-state index contributed by atoms with van der Waals surface area (Å²) in [6.07, 6.45) is 8.41. The van der Waals surface area contributed by atoms with Crippen LogP contribution < -0.4 is 5.32 Å². The maximum absolute atomic E-state index is 4.36. The van der Waals surface area contributed by atoms with Crippen molar-refractivity contribution in [2.75, 3.05) is 11.9 Å². The fourth-order valence-corrected chi connectivity index (χ4v) is 2.61. The van der Waals surface area contributed by atoms with Crippen LogP contribution in [0.1, 0.15) is 32.7 Å². The molecule has 1 aromatic heterocycles. The molecule has 0 aliphatic heterocycles. The Kier molecular flexibility index (Phi) is 3.32. The maximum atomic E-state index is 4.36. The summed E-state index contributed by atoms with van der Waals surface area (Å²) in [5, 5.41) is 3.29. The van der Waals surface area contributed by atoms with E-state index in [1.807, 2.05) is 12.3 Å². The van der Waals surface area contributed by atoms with Crippen molar-refractivity contribution < 1.29 is 0 Å². The lowest BCUT2D eigenvalue weighted by Gasteiger charge is -2.21. The molecule has 3 heteroatoms. The van der Waals surface area contributed by atoms with E-state index in [-0.39, 0.29) is 0 Å². The summed E-state index contributed by atoms with van der Waals surface area (Å²) in [5.41, 5.74) is 0. The number of hydrogen-bond donors (Lipinski definition) is 1. The minimum Gasteiger partial charge on any atom is -0.352 e. The molecule has 3 nitrogen and oxygen atoms in total. The Morgan fingerprint density at radius 2 is 2.38 bits per heavy atom. The van der Waals surface area contributed by atoms with Crippen molar-refractivity contribution >= 4 is 5.95 Å². The van der Waals surface area contributed by atoms with Crippen LogP contribution in [0.2, 0.25) is 0 Å². The molecule has 1 heterocycles. The molecule has 1 N–H and O–H groups in total. The van der Waals surface area contributed by atoms with Gasteiger partial charge in [-0.15, -0.1) is 6.58 Å². The van der Waals surface area contributed by atoms with Gasteiger partial charge in [-0.3, -0.25) is 0 Å². The van der Waals surface area contributed by atoms with Gasteiger partial charge in [0.2, 0.25) is 5.95 Å². The quantitative estimate of drug-likeness (QED) is 0.789. The van der Waals surface area contributed by atoms with E-state index in [0.29, 0.717) is 6.04 Å². The number of imidazole rings is 1. The van der Waals surface area contributed by atoms with Gasteiger partial charge in [0.15, 0.2) is 0 Å². The van der Waals surface area contributed by atoms with Crippen molar-refractivity contribution in [3.8, 4) is 0 Å². The maximum Gasteiger partial charge on any atom is 0.203 e. The van der Waals surface area contributed by atoms with E-state index in [4.69, 9.17) is 0 Å². The van der Waals surface area contributed by atoms with Crippen LogP contribution in [0.15, 0.2) is 25.0 Å². The minimum atomic E-state index is 0.602. The second kappa shape index (κ2) is 4.73. The predicted octanol–water partition coefficient (Wildman–Crippen LogP) is 3.09. The summed E-state index contributed by atoms with van der Waals surface area (Å²) in [4.78, 5) is 4.36. The normalized spacial score (nSPS) is 29.2. The molecular weight excluding hydrogens is 198 g/mol. The number of rotatable bonds is 4. The Balaban J connectivity index is 2.14. The molecule has 0 amide bonds. The van der Waals surface area contributed by atoms with Crippen LogP contribution in [0.5, 0.6) is 0 Å². The van der Waals surface area contributed by atoms with Gasteiger partial charge < -0.3 is 9.88 Å². The topological polar surface area (TPSA) is 29.9 Å². The first-order chi connectivity index (χ1) is 7.74. The van der Waals surface area contributed by atoms with Crippen molar-refractivity contribution in [3.05, 3.63) is 25.0 Å². The van der Waals surface area contributed by atoms with E-state index in [9.17, 15) is 0 Å². The predicted molar refractivity (Wildman–Crippen MR) is 67.5 cm³/mol. The molecule has 0 bridgehead atoms.